The number of hydrogen-bond donors (Lipinski definition) is 2. The van der Waals surface area contributed by atoms with Gasteiger partial charge in [-0.3, -0.25) is 0 Å². The van der Waals surface area contributed by atoms with Gasteiger partial charge >= 0.3 is 136 Å². The van der Waals surface area contributed by atoms with Crippen LogP contribution in [0.4, 0.5) is 0 Å². The van der Waals surface area contributed by atoms with Gasteiger partial charge in [0.05, 0.1) is 12.3 Å². The SMILES string of the molecule is CC[P+](c1ccccc1)(c1ccccc1)c1ccccc1.CC[P+](c1ccccc1)(c1ccccc1)c1ccccc1.[O]=[Mn](=[O])([O-])[Cl].[O]=[Mn](=[O])([O-])[Cl].[O]=[Mn](=[O])([OH])[Cl].[O]=[Mn](=[O])([OH])[Cl]. The molecule has 0 aliphatic heterocycles. The zero-order valence-electron chi connectivity index (χ0n) is 32.6. The molecular weight excluding hydrogens is 1100 g/mol. The Labute approximate surface area is 387 Å². The Hall–Kier alpha value is -2.34. The van der Waals surface area contributed by atoms with Crippen LogP contribution >= 0.6 is 54.9 Å². The zero-order valence-corrected chi connectivity index (χ0v) is 42.2. The van der Waals surface area contributed by atoms with Gasteiger partial charge in [0, 0.05) is 0 Å². The van der Waals surface area contributed by atoms with E-state index >= 15 is 0 Å². The standard InChI is InChI=1S/2C20H20P.4ClH.4Mn.2H2O.10O/c2*1-2-21(18-12-6-3-7-13-18,19-14-8-4-9-15-19)20-16-10-5-11-17-20;;;;;;;;;;;;;;;;;;;;/h2*3-17H,2H2,1H3;4*1H;;;;;2*1H2;;;;;;;;;;/q2*+1;;;;;2*+1;2*+2;;;;;;;;;;;2*-1/p-6. The van der Waals surface area contributed by atoms with Crippen LogP contribution in [0.15, 0.2) is 182 Å². The predicted molar refractivity (Wildman–Crippen MR) is 225 cm³/mol. The van der Waals surface area contributed by atoms with Crippen LogP contribution in [0.25, 0.3) is 0 Å². The zero-order chi connectivity index (χ0) is 47.1. The van der Waals surface area contributed by atoms with E-state index in [9.17, 15) is 0 Å². The number of rotatable bonds is 8. The van der Waals surface area contributed by atoms with E-state index in [-0.39, 0.29) is 0 Å². The summed E-state index contributed by atoms with van der Waals surface area (Å²) in [4.78, 5) is 0. The van der Waals surface area contributed by atoms with E-state index in [2.05, 4.69) is 236 Å². The van der Waals surface area contributed by atoms with Crippen LogP contribution in [0.3, 0.4) is 0 Å². The molecule has 6 aromatic carbocycles. The summed E-state index contributed by atoms with van der Waals surface area (Å²) < 4.78 is 104. The molecule has 0 saturated carbocycles. The van der Waals surface area contributed by atoms with Crippen molar-refractivity contribution in [3.05, 3.63) is 182 Å². The van der Waals surface area contributed by atoms with Gasteiger partial charge < -0.3 is 0 Å². The molecule has 6 rings (SSSR count). The van der Waals surface area contributed by atoms with Crippen LogP contribution in [0.5, 0.6) is 0 Å². The van der Waals surface area contributed by atoms with E-state index in [0.717, 1.165) is 12.3 Å². The first kappa shape index (κ1) is 57.7. The van der Waals surface area contributed by atoms with Gasteiger partial charge in [-0.1, -0.05) is 109 Å². The molecule has 6 aromatic rings. The first-order valence-corrected chi connectivity index (χ1v) is 33.6. The Morgan fingerprint density at radius 2 is 0.452 bits per heavy atom. The predicted octanol–water partition coefficient (Wildman–Crippen LogP) is 6.31. The molecule has 0 aromatic heterocycles. The van der Waals surface area contributed by atoms with Gasteiger partial charge in [0.1, 0.15) is 46.4 Å². The number of hydrogen-bond acceptors (Lipinski definition) is 10. The van der Waals surface area contributed by atoms with Crippen LogP contribution in [0.2, 0.25) is 0 Å². The van der Waals surface area contributed by atoms with Crippen LogP contribution in [-0.4, -0.2) is 20.7 Å². The van der Waals surface area contributed by atoms with Crippen LogP contribution in [0, 0.1) is 0 Å². The number of benzene rings is 6. The number of halogens is 4. The van der Waals surface area contributed by atoms with E-state index in [1.165, 1.54) is 31.8 Å². The van der Waals surface area contributed by atoms with E-state index < -0.39 is 63.0 Å². The molecule has 0 aliphatic rings. The minimum absolute atomic E-state index is 1.14. The molecule has 0 aliphatic carbocycles. The Morgan fingerprint density at radius 3 is 0.532 bits per heavy atom. The van der Waals surface area contributed by atoms with Crippen molar-refractivity contribution in [1.82, 2.24) is 0 Å². The third-order valence-corrected chi connectivity index (χ3v) is 17.1. The molecule has 0 saturated heterocycles. The Kier molecular flexibility index (Phi) is 25.9. The summed E-state index contributed by atoms with van der Waals surface area (Å²) in [5, 5.41) is 8.78. The molecule has 0 atom stereocenters. The molecule has 0 spiro atoms. The second-order valence-electron chi connectivity index (χ2n) is 11.8. The fraction of sp³-hybridized carbons (Fsp3) is 0.100. The summed E-state index contributed by atoms with van der Waals surface area (Å²) >= 11 is -19.1. The fourth-order valence-corrected chi connectivity index (χ4v) is 14.2. The van der Waals surface area contributed by atoms with Crippen molar-refractivity contribution in [3.8, 4) is 0 Å². The van der Waals surface area contributed by atoms with Crippen molar-refractivity contribution in [2.45, 2.75) is 13.8 Å². The van der Waals surface area contributed by atoms with E-state index in [1.807, 2.05) is 0 Å². The van der Waals surface area contributed by atoms with Crippen molar-refractivity contribution in [3.63, 3.8) is 0 Å². The van der Waals surface area contributed by atoms with Gasteiger partial charge in [0.15, 0.2) is 0 Å². The Bertz CT molecular complexity index is 2160. The first-order valence-electron chi connectivity index (χ1n) is 17.3. The monoisotopic (exact) mass is 1140 g/mol. The summed E-state index contributed by atoms with van der Waals surface area (Å²) in [7, 11) is 13.2. The van der Waals surface area contributed by atoms with Crippen molar-refractivity contribution in [2.75, 3.05) is 12.3 Å². The summed E-state index contributed by atoms with van der Waals surface area (Å²) in [5.74, 6) is 0. The Morgan fingerprint density at radius 1 is 0.355 bits per heavy atom. The van der Waals surface area contributed by atoms with Crippen molar-refractivity contribution < 1.29 is 95.9 Å². The molecular formula is C40H42Cl4Mn4O12P2. The average Bonchev–Trinajstić information content (AvgIpc) is 3.19. The molecule has 22 heteroatoms. The van der Waals surface area contributed by atoms with Crippen molar-refractivity contribution >= 4 is 86.7 Å². The molecule has 12 nitrogen and oxygen atoms in total. The van der Waals surface area contributed by atoms with Crippen molar-refractivity contribution in [2.24, 2.45) is 0 Å². The second-order valence-corrected chi connectivity index (χ2v) is 29.9. The van der Waals surface area contributed by atoms with E-state index in [4.69, 9.17) is 47.4 Å². The maximum absolute atomic E-state index is 9.01. The van der Waals surface area contributed by atoms with E-state index in [0.29, 0.717) is 0 Å². The van der Waals surface area contributed by atoms with Crippen LogP contribution in [-0.2, 0) is 79.2 Å². The summed E-state index contributed by atoms with van der Waals surface area (Å²) in [5.41, 5.74) is 0. The van der Waals surface area contributed by atoms with Crippen molar-refractivity contribution in [1.29, 1.82) is 0 Å². The quantitative estimate of drug-likeness (QED) is 0.127. The third-order valence-electron chi connectivity index (χ3n) is 8.13. The third kappa shape index (κ3) is 24.1. The van der Waals surface area contributed by atoms with E-state index in [1.54, 1.807) is 0 Å². The maximum atomic E-state index is 9.01. The summed E-state index contributed by atoms with van der Waals surface area (Å²) in [6.07, 6.45) is 2.29. The molecule has 0 heterocycles. The van der Waals surface area contributed by atoms with Gasteiger partial charge in [-0.15, -0.1) is 0 Å². The summed E-state index contributed by atoms with van der Waals surface area (Å²) in [6, 6.07) is 66.0. The van der Waals surface area contributed by atoms with Crippen LogP contribution < -0.4 is 40.2 Å². The molecule has 62 heavy (non-hydrogen) atoms. The molecule has 340 valence electrons. The average molecular weight is 1140 g/mol. The van der Waals surface area contributed by atoms with Gasteiger partial charge in [0.25, 0.3) is 0 Å². The van der Waals surface area contributed by atoms with Gasteiger partial charge in [-0.2, -0.15) is 0 Å². The molecule has 0 fully saturated rings. The first-order chi connectivity index (χ1) is 28.8. The van der Waals surface area contributed by atoms with Gasteiger partial charge in [-0.05, 0) is 86.6 Å². The van der Waals surface area contributed by atoms with Gasteiger partial charge in [-0.25, -0.2) is 0 Å². The fourth-order valence-electron chi connectivity index (χ4n) is 6.08. The summed E-state index contributed by atoms with van der Waals surface area (Å²) in [6.45, 7) is 4.64. The van der Waals surface area contributed by atoms with Gasteiger partial charge in [0.2, 0.25) is 0 Å². The topological polar surface area (TPSA) is 223 Å². The second kappa shape index (κ2) is 27.9. The minimum atomic E-state index is -4.90. The normalized spacial score (nSPS) is 11.4. The molecule has 0 unspecified atom stereocenters. The Balaban J connectivity index is 0.000000435. The molecule has 2 N–H and O–H groups in total. The molecule has 0 bridgehead atoms. The molecule has 0 radical (unpaired) electrons. The molecule has 0 amide bonds. The van der Waals surface area contributed by atoms with Crippen LogP contribution in [0.1, 0.15) is 13.8 Å².